The average molecular weight is 248 g/mol. The van der Waals surface area contributed by atoms with Crippen LogP contribution in [0.4, 0.5) is 5.69 Å². The zero-order valence-corrected chi connectivity index (χ0v) is 10.2. The molecule has 1 fully saturated rings. The van der Waals surface area contributed by atoms with E-state index in [9.17, 15) is 0 Å². The zero-order chi connectivity index (χ0) is 11.7. The molecule has 88 valence electrons. The quantitative estimate of drug-likeness (QED) is 0.857. The van der Waals surface area contributed by atoms with E-state index in [-0.39, 0.29) is 0 Å². The Morgan fingerprint density at radius 3 is 3.18 bits per heavy atom. The van der Waals surface area contributed by atoms with Crippen LogP contribution in [0.1, 0.15) is 6.42 Å². The number of aromatic nitrogens is 1. The van der Waals surface area contributed by atoms with Crippen molar-refractivity contribution in [1.82, 2.24) is 10.3 Å². The number of rotatable bonds is 2. The van der Waals surface area contributed by atoms with Crippen molar-refractivity contribution in [3.63, 3.8) is 0 Å². The topological polar surface area (TPSA) is 37.0 Å². The fraction of sp³-hybridized carbons (Fsp3) is 0.308. The van der Waals surface area contributed by atoms with E-state index < -0.39 is 0 Å². The molecule has 1 aliphatic heterocycles. The fourth-order valence-electron chi connectivity index (χ4n) is 2.25. The first-order chi connectivity index (χ1) is 8.33. The van der Waals surface area contributed by atoms with Crippen LogP contribution in [0.3, 0.4) is 0 Å². The molecule has 2 aromatic rings. The van der Waals surface area contributed by atoms with Crippen LogP contribution in [0.5, 0.6) is 0 Å². The minimum atomic E-state index is 0.500. The summed E-state index contributed by atoms with van der Waals surface area (Å²) < 4.78 is 0. The molecule has 3 nitrogen and oxygen atoms in total. The van der Waals surface area contributed by atoms with Gasteiger partial charge in [-0.1, -0.05) is 17.7 Å². The van der Waals surface area contributed by atoms with Gasteiger partial charge in [-0.25, -0.2) is 0 Å². The molecule has 0 aliphatic carbocycles. The second-order valence-corrected chi connectivity index (χ2v) is 4.80. The van der Waals surface area contributed by atoms with Gasteiger partial charge in [-0.15, -0.1) is 0 Å². The molecule has 1 atom stereocenters. The lowest BCUT2D eigenvalue weighted by molar-refractivity contribution is 0.794. The highest BCUT2D eigenvalue weighted by Crippen LogP contribution is 2.25. The summed E-state index contributed by atoms with van der Waals surface area (Å²) in [5.74, 6) is 0. The number of hydrogen-bond acceptors (Lipinski definition) is 3. The number of benzene rings is 1. The van der Waals surface area contributed by atoms with Gasteiger partial charge in [-0.3, -0.25) is 4.98 Å². The van der Waals surface area contributed by atoms with Crippen molar-refractivity contribution in [2.24, 2.45) is 0 Å². The van der Waals surface area contributed by atoms with Gasteiger partial charge in [-0.2, -0.15) is 0 Å². The van der Waals surface area contributed by atoms with Crippen molar-refractivity contribution in [3.05, 3.63) is 35.5 Å². The molecule has 3 rings (SSSR count). The van der Waals surface area contributed by atoms with Gasteiger partial charge in [0.2, 0.25) is 0 Å². The molecule has 0 radical (unpaired) electrons. The Labute approximate surface area is 105 Å². The molecule has 1 saturated heterocycles. The van der Waals surface area contributed by atoms with Gasteiger partial charge in [0.05, 0.1) is 10.5 Å². The summed E-state index contributed by atoms with van der Waals surface area (Å²) in [6.07, 6.45) is 2.84. The SMILES string of the molecule is Clc1cnc2cccc(N[C@@H]3CCNC3)c2c1. The predicted molar refractivity (Wildman–Crippen MR) is 71.7 cm³/mol. The van der Waals surface area contributed by atoms with Crippen LogP contribution in [0.25, 0.3) is 10.9 Å². The average Bonchev–Trinajstić information content (AvgIpc) is 2.83. The van der Waals surface area contributed by atoms with Gasteiger partial charge >= 0.3 is 0 Å². The fourth-order valence-corrected chi connectivity index (χ4v) is 2.41. The van der Waals surface area contributed by atoms with Gasteiger partial charge in [0.25, 0.3) is 0 Å². The third-order valence-corrected chi connectivity index (χ3v) is 3.32. The Kier molecular flexibility index (Phi) is 2.87. The van der Waals surface area contributed by atoms with E-state index in [4.69, 9.17) is 11.6 Å². The standard InChI is InChI=1S/C13H14ClN3/c14-9-6-11-12(16-7-9)2-1-3-13(11)17-10-4-5-15-8-10/h1-3,6-7,10,15,17H,4-5,8H2/t10-/m1/s1. The van der Waals surface area contributed by atoms with E-state index in [0.717, 1.165) is 36.1 Å². The van der Waals surface area contributed by atoms with Crippen LogP contribution in [0, 0.1) is 0 Å². The summed E-state index contributed by atoms with van der Waals surface area (Å²) in [4.78, 5) is 4.33. The molecule has 0 saturated carbocycles. The molecule has 2 N–H and O–H groups in total. The number of nitrogens with zero attached hydrogens (tertiary/aromatic N) is 1. The number of halogens is 1. The summed E-state index contributed by atoms with van der Waals surface area (Å²) in [6, 6.07) is 8.57. The number of anilines is 1. The van der Waals surface area contributed by atoms with Gasteiger partial charge in [0.15, 0.2) is 0 Å². The molecular weight excluding hydrogens is 234 g/mol. The Balaban J connectivity index is 1.99. The minimum absolute atomic E-state index is 0.500. The van der Waals surface area contributed by atoms with Gasteiger partial charge in [-0.05, 0) is 31.2 Å². The zero-order valence-electron chi connectivity index (χ0n) is 9.41. The second-order valence-electron chi connectivity index (χ2n) is 4.36. The van der Waals surface area contributed by atoms with Crippen LogP contribution in [0.2, 0.25) is 5.02 Å². The van der Waals surface area contributed by atoms with Crippen molar-refractivity contribution in [3.8, 4) is 0 Å². The van der Waals surface area contributed by atoms with E-state index in [0.29, 0.717) is 11.1 Å². The van der Waals surface area contributed by atoms with Crippen molar-refractivity contribution in [2.75, 3.05) is 18.4 Å². The van der Waals surface area contributed by atoms with Gasteiger partial charge in [0, 0.05) is 29.9 Å². The molecule has 1 aliphatic rings. The Morgan fingerprint density at radius 2 is 2.35 bits per heavy atom. The monoisotopic (exact) mass is 247 g/mol. The summed E-state index contributed by atoms with van der Waals surface area (Å²) >= 11 is 6.00. The summed E-state index contributed by atoms with van der Waals surface area (Å²) in [6.45, 7) is 2.10. The first-order valence-corrected chi connectivity index (χ1v) is 6.22. The molecule has 17 heavy (non-hydrogen) atoms. The van der Waals surface area contributed by atoms with Gasteiger partial charge < -0.3 is 10.6 Å². The highest BCUT2D eigenvalue weighted by molar-refractivity contribution is 6.31. The Hall–Kier alpha value is -1.32. The molecule has 2 heterocycles. The van der Waals surface area contributed by atoms with E-state index in [1.54, 1.807) is 6.20 Å². The minimum Gasteiger partial charge on any atom is -0.380 e. The van der Waals surface area contributed by atoms with Crippen molar-refractivity contribution in [2.45, 2.75) is 12.5 Å². The van der Waals surface area contributed by atoms with Crippen LogP contribution in [-0.4, -0.2) is 24.1 Å². The third kappa shape index (κ3) is 2.21. The first-order valence-electron chi connectivity index (χ1n) is 5.84. The summed E-state index contributed by atoms with van der Waals surface area (Å²) in [5, 5.41) is 8.66. The van der Waals surface area contributed by atoms with E-state index in [1.165, 1.54) is 0 Å². The maximum absolute atomic E-state index is 6.00. The third-order valence-electron chi connectivity index (χ3n) is 3.11. The van der Waals surface area contributed by atoms with Crippen LogP contribution in [-0.2, 0) is 0 Å². The van der Waals surface area contributed by atoms with Crippen LogP contribution >= 0.6 is 11.6 Å². The maximum Gasteiger partial charge on any atom is 0.0723 e. The van der Waals surface area contributed by atoms with E-state index >= 15 is 0 Å². The van der Waals surface area contributed by atoms with Gasteiger partial charge in [0.1, 0.15) is 0 Å². The lowest BCUT2D eigenvalue weighted by Crippen LogP contribution is -2.22. The Bertz CT molecular complexity index is 535. The van der Waals surface area contributed by atoms with Crippen molar-refractivity contribution < 1.29 is 0 Å². The molecule has 0 bridgehead atoms. The summed E-state index contributed by atoms with van der Waals surface area (Å²) in [5.41, 5.74) is 2.09. The Morgan fingerprint density at radius 1 is 1.41 bits per heavy atom. The highest BCUT2D eigenvalue weighted by atomic mass is 35.5. The van der Waals surface area contributed by atoms with Crippen LogP contribution < -0.4 is 10.6 Å². The molecule has 0 unspecified atom stereocenters. The lowest BCUT2D eigenvalue weighted by Gasteiger charge is -2.14. The highest BCUT2D eigenvalue weighted by Gasteiger charge is 2.14. The molecule has 1 aromatic heterocycles. The molecule has 4 heteroatoms. The predicted octanol–water partition coefficient (Wildman–Crippen LogP) is 2.66. The van der Waals surface area contributed by atoms with E-state index in [1.807, 2.05) is 18.2 Å². The van der Waals surface area contributed by atoms with Crippen LogP contribution in [0.15, 0.2) is 30.5 Å². The number of nitrogens with one attached hydrogen (secondary N) is 2. The smallest absolute Gasteiger partial charge is 0.0723 e. The number of fused-ring (bicyclic) bond motifs is 1. The molecule has 0 spiro atoms. The molecular formula is C13H14ClN3. The molecule has 0 amide bonds. The first kappa shape index (κ1) is 10.8. The lowest BCUT2D eigenvalue weighted by atomic mass is 10.1. The van der Waals surface area contributed by atoms with Crippen molar-refractivity contribution >= 4 is 28.2 Å². The van der Waals surface area contributed by atoms with E-state index in [2.05, 4.69) is 21.7 Å². The second kappa shape index (κ2) is 4.51. The largest absolute Gasteiger partial charge is 0.380 e. The van der Waals surface area contributed by atoms with Crippen molar-refractivity contribution in [1.29, 1.82) is 0 Å². The summed E-state index contributed by atoms with van der Waals surface area (Å²) in [7, 11) is 0. The number of hydrogen-bond donors (Lipinski definition) is 2. The normalized spacial score (nSPS) is 19.7. The molecule has 1 aromatic carbocycles. The maximum atomic E-state index is 6.00. The number of pyridine rings is 1.